The largest absolute Gasteiger partial charge is 0.367 e. The van der Waals surface area contributed by atoms with Crippen LogP contribution in [-0.4, -0.2) is 16.0 Å². The van der Waals surface area contributed by atoms with Crippen LogP contribution in [0.1, 0.15) is 43.5 Å². The highest BCUT2D eigenvalue weighted by molar-refractivity contribution is 6.30. The van der Waals surface area contributed by atoms with Crippen molar-refractivity contribution < 1.29 is 0 Å². The van der Waals surface area contributed by atoms with Crippen LogP contribution >= 0.6 is 11.6 Å². The van der Waals surface area contributed by atoms with E-state index in [1.807, 2.05) is 6.92 Å². The number of anilines is 1. The highest BCUT2D eigenvalue weighted by atomic mass is 35.5. The van der Waals surface area contributed by atoms with Gasteiger partial charge in [0, 0.05) is 17.5 Å². The van der Waals surface area contributed by atoms with Crippen LogP contribution in [0.4, 0.5) is 5.82 Å². The van der Waals surface area contributed by atoms with E-state index in [2.05, 4.69) is 22.2 Å². The quantitative estimate of drug-likeness (QED) is 0.821. The summed E-state index contributed by atoms with van der Waals surface area (Å²) in [6.07, 6.45) is 3.69. The monoisotopic (exact) mass is 237 g/mol. The maximum Gasteiger partial charge on any atom is 0.137 e. The zero-order valence-corrected chi connectivity index (χ0v) is 10.4. The first-order valence-electron chi connectivity index (χ1n) is 5.95. The number of halogens is 1. The fourth-order valence-electron chi connectivity index (χ4n) is 1.91. The summed E-state index contributed by atoms with van der Waals surface area (Å²) >= 11 is 6.15. The van der Waals surface area contributed by atoms with Gasteiger partial charge in [0.15, 0.2) is 0 Å². The minimum atomic E-state index is 0.526. The van der Waals surface area contributed by atoms with Crippen molar-refractivity contribution in [2.45, 2.75) is 45.1 Å². The van der Waals surface area contributed by atoms with E-state index in [0.717, 1.165) is 17.2 Å². The predicted molar refractivity (Wildman–Crippen MR) is 64.9 cm³/mol. The van der Waals surface area contributed by atoms with Crippen molar-refractivity contribution in [1.82, 2.24) is 9.97 Å². The number of nitrogens with one attached hydrogen (secondary N) is 1. The van der Waals surface area contributed by atoms with Crippen LogP contribution in [0.5, 0.6) is 0 Å². The molecule has 0 aliphatic heterocycles. The Morgan fingerprint density at radius 2 is 2.00 bits per heavy atom. The molecular formula is C12H16ClN3. The van der Waals surface area contributed by atoms with E-state index in [4.69, 9.17) is 11.6 Å². The Morgan fingerprint density at radius 3 is 2.56 bits per heavy atom. The van der Waals surface area contributed by atoms with Crippen molar-refractivity contribution in [3.63, 3.8) is 0 Å². The van der Waals surface area contributed by atoms with E-state index < -0.39 is 0 Å². The summed E-state index contributed by atoms with van der Waals surface area (Å²) in [5.74, 6) is 3.10. The van der Waals surface area contributed by atoms with Crippen LogP contribution in [-0.2, 0) is 0 Å². The number of nitrogens with zero attached hydrogens (tertiary/aromatic N) is 2. The molecule has 3 nitrogen and oxygen atoms in total. The van der Waals surface area contributed by atoms with Gasteiger partial charge in [0.05, 0.1) is 0 Å². The van der Waals surface area contributed by atoms with Gasteiger partial charge < -0.3 is 5.32 Å². The lowest BCUT2D eigenvalue weighted by Gasteiger charge is -2.10. The third kappa shape index (κ3) is 1.88. The third-order valence-electron chi connectivity index (χ3n) is 3.46. The molecule has 0 unspecified atom stereocenters. The Kier molecular flexibility index (Phi) is 2.32. The molecule has 4 heteroatoms. The van der Waals surface area contributed by atoms with Gasteiger partial charge in [-0.1, -0.05) is 18.5 Å². The summed E-state index contributed by atoms with van der Waals surface area (Å²) < 4.78 is 0. The molecule has 2 aliphatic rings. The normalized spacial score (nSPS) is 27.9. The van der Waals surface area contributed by atoms with Crippen LogP contribution in [0, 0.1) is 12.8 Å². The molecule has 1 heterocycles. The van der Waals surface area contributed by atoms with Crippen molar-refractivity contribution in [3.8, 4) is 0 Å². The summed E-state index contributed by atoms with van der Waals surface area (Å²) in [6.45, 7) is 4.21. The molecule has 2 atom stereocenters. The van der Waals surface area contributed by atoms with Crippen LogP contribution in [0.15, 0.2) is 0 Å². The molecule has 16 heavy (non-hydrogen) atoms. The van der Waals surface area contributed by atoms with Gasteiger partial charge in [0.1, 0.15) is 16.8 Å². The molecule has 0 saturated heterocycles. The smallest absolute Gasteiger partial charge is 0.137 e. The lowest BCUT2D eigenvalue weighted by Crippen LogP contribution is -2.08. The summed E-state index contributed by atoms with van der Waals surface area (Å²) in [4.78, 5) is 9.01. The fourth-order valence-corrected chi connectivity index (χ4v) is 2.09. The summed E-state index contributed by atoms with van der Waals surface area (Å²) in [6, 6.07) is 0.606. The SMILES string of the molecule is Cc1c(Cl)nc([C@H]2C[C@@H]2C)nc1NC1CC1. The van der Waals surface area contributed by atoms with Gasteiger partial charge in [-0.05, 0) is 32.1 Å². The summed E-state index contributed by atoms with van der Waals surface area (Å²) in [7, 11) is 0. The minimum absolute atomic E-state index is 0.526. The molecular weight excluding hydrogens is 222 g/mol. The zero-order valence-electron chi connectivity index (χ0n) is 9.63. The van der Waals surface area contributed by atoms with Gasteiger partial charge in [0.2, 0.25) is 0 Å². The number of aromatic nitrogens is 2. The second-order valence-corrected chi connectivity index (χ2v) is 5.44. The first-order chi connectivity index (χ1) is 7.65. The van der Waals surface area contributed by atoms with Gasteiger partial charge in [-0.2, -0.15) is 0 Å². The van der Waals surface area contributed by atoms with Crippen LogP contribution < -0.4 is 5.32 Å². The van der Waals surface area contributed by atoms with Crippen molar-refractivity contribution in [1.29, 1.82) is 0 Å². The van der Waals surface area contributed by atoms with Crippen LogP contribution in [0.25, 0.3) is 0 Å². The average molecular weight is 238 g/mol. The molecule has 0 spiro atoms. The fraction of sp³-hybridized carbons (Fsp3) is 0.667. The Labute approximate surface area is 101 Å². The Bertz CT molecular complexity index is 429. The maximum atomic E-state index is 6.15. The molecule has 1 N–H and O–H groups in total. The summed E-state index contributed by atoms with van der Waals surface area (Å²) in [5.41, 5.74) is 0.977. The molecule has 2 aliphatic carbocycles. The van der Waals surface area contributed by atoms with Crippen molar-refractivity contribution in [2.75, 3.05) is 5.32 Å². The van der Waals surface area contributed by atoms with Crippen molar-refractivity contribution in [2.24, 2.45) is 5.92 Å². The molecule has 2 fully saturated rings. The van der Waals surface area contributed by atoms with Crippen LogP contribution in [0.3, 0.4) is 0 Å². The Hall–Kier alpha value is -0.830. The molecule has 0 amide bonds. The number of hydrogen-bond acceptors (Lipinski definition) is 3. The van der Waals surface area contributed by atoms with Crippen molar-refractivity contribution in [3.05, 3.63) is 16.5 Å². The van der Waals surface area contributed by atoms with E-state index in [1.54, 1.807) is 0 Å². The van der Waals surface area contributed by atoms with Gasteiger partial charge in [-0.3, -0.25) is 0 Å². The highest BCUT2D eigenvalue weighted by Gasteiger charge is 2.37. The lowest BCUT2D eigenvalue weighted by atomic mass is 10.3. The van der Waals surface area contributed by atoms with Gasteiger partial charge in [0.25, 0.3) is 0 Å². The first-order valence-corrected chi connectivity index (χ1v) is 6.33. The zero-order chi connectivity index (χ0) is 11.3. The molecule has 0 radical (unpaired) electrons. The minimum Gasteiger partial charge on any atom is -0.367 e. The molecule has 0 bridgehead atoms. The number of rotatable bonds is 3. The summed E-state index contributed by atoms with van der Waals surface area (Å²) in [5, 5.41) is 4.03. The van der Waals surface area contributed by atoms with Gasteiger partial charge in [-0.25, -0.2) is 9.97 Å². The highest BCUT2D eigenvalue weighted by Crippen LogP contribution is 2.46. The predicted octanol–water partition coefficient (Wildman–Crippen LogP) is 3.14. The maximum absolute atomic E-state index is 6.15. The van der Waals surface area contributed by atoms with Gasteiger partial charge >= 0.3 is 0 Å². The molecule has 1 aromatic heterocycles. The molecule has 1 aromatic rings. The molecule has 86 valence electrons. The first kappa shape index (κ1) is 10.3. The van der Waals surface area contributed by atoms with E-state index in [-0.39, 0.29) is 0 Å². The molecule has 0 aromatic carbocycles. The van der Waals surface area contributed by atoms with E-state index >= 15 is 0 Å². The standard InChI is InChI=1S/C12H16ClN3/c1-6-5-9(6)12-15-10(13)7(2)11(16-12)14-8-3-4-8/h6,8-9H,3-5H2,1-2H3,(H,14,15,16)/t6-,9-/m0/s1. The van der Waals surface area contributed by atoms with Gasteiger partial charge in [-0.15, -0.1) is 0 Å². The average Bonchev–Trinajstić information content (AvgIpc) is 3.11. The molecule has 2 saturated carbocycles. The van der Waals surface area contributed by atoms with Crippen molar-refractivity contribution >= 4 is 17.4 Å². The Morgan fingerprint density at radius 1 is 1.31 bits per heavy atom. The molecule has 3 rings (SSSR count). The van der Waals surface area contributed by atoms with Crippen LogP contribution in [0.2, 0.25) is 5.15 Å². The topological polar surface area (TPSA) is 37.8 Å². The lowest BCUT2D eigenvalue weighted by molar-refractivity contribution is 0.837. The Balaban J connectivity index is 1.91. The second-order valence-electron chi connectivity index (χ2n) is 5.08. The van der Waals surface area contributed by atoms with E-state index in [1.165, 1.54) is 19.3 Å². The van der Waals surface area contributed by atoms with E-state index in [9.17, 15) is 0 Å². The number of hydrogen-bond donors (Lipinski definition) is 1. The second kappa shape index (κ2) is 3.59. The van der Waals surface area contributed by atoms with E-state index in [0.29, 0.717) is 23.0 Å². The third-order valence-corrected chi connectivity index (χ3v) is 3.83.